The Kier molecular flexibility index (Phi) is 2.93. The lowest BCUT2D eigenvalue weighted by Crippen LogP contribution is -2.56. The van der Waals surface area contributed by atoms with Gasteiger partial charge < -0.3 is 9.47 Å². The maximum Gasteiger partial charge on any atom is 0.391 e. The van der Waals surface area contributed by atoms with Crippen LogP contribution in [0.2, 0.25) is 0 Å². The molecule has 3 rings (SSSR count). The van der Waals surface area contributed by atoms with Crippen LogP contribution in [-0.4, -0.2) is 23.5 Å². The van der Waals surface area contributed by atoms with Gasteiger partial charge in [0.05, 0.1) is 25.2 Å². The first kappa shape index (κ1) is 13.5. The highest BCUT2D eigenvalue weighted by Gasteiger charge is 2.63. The Hall–Kier alpha value is -2.44. The van der Waals surface area contributed by atoms with Crippen molar-refractivity contribution in [1.29, 1.82) is 0 Å². The maximum absolute atomic E-state index is 13.5. The van der Waals surface area contributed by atoms with Crippen LogP contribution in [-0.2, 0) is 9.53 Å². The SMILES string of the molecule is COC1=CCC2([N+](=O)[O-])C(=O)Oc3ccc(F)cc3[C@@H]2C1. The molecule has 0 bridgehead atoms. The van der Waals surface area contributed by atoms with Crippen LogP contribution >= 0.6 is 0 Å². The maximum atomic E-state index is 13.5. The molecule has 0 spiro atoms. The molecule has 0 saturated heterocycles. The molecule has 0 fully saturated rings. The van der Waals surface area contributed by atoms with Gasteiger partial charge in [-0.05, 0) is 24.3 Å². The van der Waals surface area contributed by atoms with Crippen LogP contribution in [0.1, 0.15) is 24.3 Å². The first-order valence-corrected chi connectivity index (χ1v) is 6.38. The van der Waals surface area contributed by atoms with E-state index in [1.54, 1.807) is 0 Å². The smallest absolute Gasteiger partial charge is 0.391 e. The molecule has 1 aromatic rings. The van der Waals surface area contributed by atoms with Crippen molar-refractivity contribution in [3.63, 3.8) is 0 Å². The number of benzene rings is 1. The van der Waals surface area contributed by atoms with Gasteiger partial charge in [-0.25, -0.2) is 9.18 Å². The number of rotatable bonds is 2. The summed E-state index contributed by atoms with van der Waals surface area (Å²) < 4.78 is 23.7. The lowest BCUT2D eigenvalue weighted by atomic mass is 9.70. The predicted molar refractivity (Wildman–Crippen MR) is 68.8 cm³/mol. The zero-order valence-electron chi connectivity index (χ0n) is 11.2. The number of carbonyl (C=O) groups is 1. The number of hydrogen-bond acceptors (Lipinski definition) is 5. The van der Waals surface area contributed by atoms with Gasteiger partial charge in [-0.1, -0.05) is 0 Å². The fourth-order valence-corrected chi connectivity index (χ4v) is 2.97. The third-order valence-electron chi connectivity index (χ3n) is 4.11. The van der Waals surface area contributed by atoms with Crippen molar-refractivity contribution in [2.45, 2.75) is 24.3 Å². The van der Waals surface area contributed by atoms with Crippen LogP contribution in [0.4, 0.5) is 4.39 Å². The van der Waals surface area contributed by atoms with E-state index in [4.69, 9.17) is 9.47 Å². The number of allylic oxidation sites excluding steroid dienone is 1. The summed E-state index contributed by atoms with van der Waals surface area (Å²) in [6.45, 7) is 0. The Morgan fingerprint density at radius 3 is 2.95 bits per heavy atom. The molecule has 0 N–H and O–H groups in total. The van der Waals surface area contributed by atoms with Crippen LogP contribution in [0.15, 0.2) is 30.0 Å². The van der Waals surface area contributed by atoms with Crippen molar-refractivity contribution >= 4 is 5.97 Å². The number of ether oxygens (including phenoxy) is 2. The van der Waals surface area contributed by atoms with Gasteiger partial charge in [0.2, 0.25) is 0 Å². The summed E-state index contributed by atoms with van der Waals surface area (Å²) in [6.07, 6.45) is 1.54. The summed E-state index contributed by atoms with van der Waals surface area (Å²) in [7, 11) is 1.46. The van der Waals surface area contributed by atoms with E-state index in [1.165, 1.54) is 25.3 Å². The van der Waals surface area contributed by atoms with Gasteiger partial charge in [0.25, 0.3) is 0 Å². The largest absolute Gasteiger partial charge is 0.501 e. The molecular weight excluding hydrogens is 281 g/mol. The fraction of sp³-hybridized carbons (Fsp3) is 0.357. The normalized spacial score (nSPS) is 27.0. The highest BCUT2D eigenvalue weighted by molar-refractivity contribution is 5.86. The molecule has 0 saturated carbocycles. The number of carbonyl (C=O) groups excluding carboxylic acids is 1. The highest BCUT2D eigenvalue weighted by atomic mass is 19.1. The van der Waals surface area contributed by atoms with Crippen LogP contribution in [0.3, 0.4) is 0 Å². The Morgan fingerprint density at radius 1 is 1.52 bits per heavy atom. The quantitative estimate of drug-likeness (QED) is 0.361. The van der Waals surface area contributed by atoms with Gasteiger partial charge in [-0.2, -0.15) is 0 Å². The van der Waals surface area contributed by atoms with Crippen molar-refractivity contribution in [3.05, 3.63) is 51.5 Å². The van der Waals surface area contributed by atoms with Gasteiger partial charge in [0.15, 0.2) is 0 Å². The molecule has 1 heterocycles. The van der Waals surface area contributed by atoms with Gasteiger partial charge in [-0.15, -0.1) is 0 Å². The van der Waals surface area contributed by atoms with Gasteiger partial charge in [0.1, 0.15) is 11.6 Å². The minimum atomic E-state index is -1.91. The second-order valence-corrected chi connectivity index (χ2v) is 5.09. The second-order valence-electron chi connectivity index (χ2n) is 5.09. The summed E-state index contributed by atoms with van der Waals surface area (Å²) >= 11 is 0. The van der Waals surface area contributed by atoms with Gasteiger partial charge in [0, 0.05) is 16.9 Å². The van der Waals surface area contributed by atoms with Gasteiger partial charge in [-0.3, -0.25) is 10.1 Å². The van der Waals surface area contributed by atoms with E-state index in [9.17, 15) is 19.3 Å². The lowest BCUT2D eigenvalue weighted by molar-refractivity contribution is -0.560. The summed E-state index contributed by atoms with van der Waals surface area (Å²) in [6, 6.07) is 3.65. The molecule has 1 aliphatic heterocycles. The van der Waals surface area contributed by atoms with E-state index >= 15 is 0 Å². The number of esters is 1. The number of fused-ring (bicyclic) bond motifs is 3. The lowest BCUT2D eigenvalue weighted by Gasteiger charge is -2.37. The molecular formula is C14H12FNO5. The Morgan fingerprint density at radius 2 is 2.29 bits per heavy atom. The molecule has 0 aromatic heterocycles. The van der Waals surface area contributed by atoms with Crippen molar-refractivity contribution in [1.82, 2.24) is 0 Å². The monoisotopic (exact) mass is 293 g/mol. The molecule has 0 amide bonds. The number of nitro groups is 1. The fourth-order valence-electron chi connectivity index (χ4n) is 2.97. The average Bonchev–Trinajstić information content (AvgIpc) is 2.47. The minimum Gasteiger partial charge on any atom is -0.501 e. The summed E-state index contributed by atoms with van der Waals surface area (Å²) in [5.41, 5.74) is -1.59. The molecule has 2 atom stereocenters. The van der Waals surface area contributed by atoms with Crippen LogP contribution in [0, 0.1) is 15.9 Å². The topological polar surface area (TPSA) is 78.7 Å². The summed E-state index contributed by atoms with van der Waals surface area (Å²) in [5.74, 6) is -1.54. The average molecular weight is 293 g/mol. The number of methoxy groups -OCH3 is 1. The van der Waals surface area contributed by atoms with Crippen molar-refractivity contribution < 1.29 is 23.6 Å². The van der Waals surface area contributed by atoms with E-state index in [0.717, 1.165) is 6.07 Å². The highest BCUT2D eigenvalue weighted by Crippen LogP contribution is 2.49. The molecule has 1 aromatic carbocycles. The number of nitrogens with zero attached hydrogens (tertiary/aromatic N) is 1. The predicted octanol–water partition coefficient (Wildman–Crippen LogP) is 2.17. The molecule has 7 heteroatoms. The molecule has 0 radical (unpaired) electrons. The molecule has 1 unspecified atom stereocenters. The van der Waals surface area contributed by atoms with Crippen molar-refractivity contribution in [2.75, 3.05) is 7.11 Å². The number of hydrogen-bond donors (Lipinski definition) is 0. The van der Waals surface area contributed by atoms with E-state index in [1.807, 2.05) is 0 Å². The first-order valence-electron chi connectivity index (χ1n) is 6.38. The number of halogens is 1. The third-order valence-corrected chi connectivity index (χ3v) is 4.11. The Balaban J connectivity index is 2.21. The second kappa shape index (κ2) is 4.54. The standard InChI is InChI=1S/C14H12FNO5/c1-20-9-4-5-14(16(18)19)11(7-9)10-6-8(15)2-3-12(10)21-13(14)17/h2-4,6,11H,5,7H2,1H3/t11-,14?/m0/s1. The van der Waals surface area contributed by atoms with Crippen LogP contribution in [0.5, 0.6) is 5.75 Å². The summed E-state index contributed by atoms with van der Waals surface area (Å²) in [5, 5.41) is 11.6. The first-order chi connectivity index (χ1) is 9.99. The zero-order chi connectivity index (χ0) is 15.2. The molecule has 6 nitrogen and oxygen atoms in total. The molecule has 1 aliphatic carbocycles. The Labute approximate surface area is 119 Å². The zero-order valence-corrected chi connectivity index (χ0v) is 11.2. The van der Waals surface area contributed by atoms with Gasteiger partial charge >= 0.3 is 11.5 Å². The van der Waals surface area contributed by atoms with E-state index in [0.29, 0.717) is 11.3 Å². The van der Waals surface area contributed by atoms with Crippen LogP contribution in [0.25, 0.3) is 0 Å². The van der Waals surface area contributed by atoms with E-state index < -0.39 is 28.2 Å². The molecule has 21 heavy (non-hydrogen) atoms. The summed E-state index contributed by atoms with van der Waals surface area (Å²) in [4.78, 5) is 23.1. The van der Waals surface area contributed by atoms with Crippen LogP contribution < -0.4 is 4.74 Å². The van der Waals surface area contributed by atoms with E-state index in [-0.39, 0.29) is 18.6 Å². The molecule has 2 aliphatic rings. The molecule has 110 valence electrons. The van der Waals surface area contributed by atoms with Crippen molar-refractivity contribution in [3.8, 4) is 5.75 Å². The Bertz CT molecular complexity index is 671. The third kappa shape index (κ3) is 1.80. The van der Waals surface area contributed by atoms with Crippen molar-refractivity contribution in [2.24, 2.45) is 0 Å². The van der Waals surface area contributed by atoms with E-state index in [2.05, 4.69) is 0 Å². The minimum absolute atomic E-state index is 0.136.